The number of hydrogen-bond acceptors (Lipinski definition) is 6. The monoisotopic (exact) mass is 532 g/mol. The summed E-state index contributed by atoms with van der Waals surface area (Å²) in [5, 5.41) is 26.4. The van der Waals surface area contributed by atoms with E-state index < -0.39 is 6.02 Å². The number of halogens is 1. The summed E-state index contributed by atoms with van der Waals surface area (Å²) in [6.45, 7) is 4.06. The lowest BCUT2D eigenvalue weighted by Gasteiger charge is -2.23. The zero-order chi connectivity index (χ0) is 28.6. The van der Waals surface area contributed by atoms with E-state index in [9.17, 15) is 11.0 Å². The molecule has 1 aliphatic carbocycles. The smallest absolute Gasteiger partial charge is 0.123 e. The van der Waals surface area contributed by atoms with Crippen molar-refractivity contribution in [3.05, 3.63) is 113 Å². The average molecular weight is 533 g/mol. The Bertz CT molecular complexity index is 1740. The van der Waals surface area contributed by atoms with Gasteiger partial charge in [0.1, 0.15) is 17.6 Å². The maximum absolute atomic E-state index is 13.9. The second-order valence-electron chi connectivity index (χ2n) is 10.2. The van der Waals surface area contributed by atoms with E-state index in [-0.39, 0.29) is 11.9 Å². The van der Waals surface area contributed by atoms with Crippen molar-refractivity contribution in [2.45, 2.75) is 51.2 Å². The second kappa shape index (κ2) is 10.8. The van der Waals surface area contributed by atoms with Crippen LogP contribution in [0.1, 0.15) is 73.6 Å². The summed E-state index contributed by atoms with van der Waals surface area (Å²) in [7, 11) is 0. The minimum Gasteiger partial charge on any atom is -0.377 e. The molecule has 0 bridgehead atoms. The Morgan fingerprint density at radius 2 is 1.88 bits per heavy atom. The van der Waals surface area contributed by atoms with E-state index in [1.54, 1.807) is 29.2 Å². The lowest BCUT2D eigenvalue weighted by atomic mass is 10.00. The molecular formula is C32H30FN7. The van der Waals surface area contributed by atoms with E-state index in [1.807, 2.05) is 37.3 Å². The van der Waals surface area contributed by atoms with Crippen molar-refractivity contribution in [2.75, 3.05) is 10.6 Å². The minimum atomic E-state index is -1.55. The number of fused-ring (bicyclic) bond motifs is 1. The van der Waals surface area contributed by atoms with Crippen molar-refractivity contribution in [1.29, 1.82) is 5.26 Å². The van der Waals surface area contributed by atoms with E-state index in [0.717, 1.165) is 41.3 Å². The van der Waals surface area contributed by atoms with Gasteiger partial charge >= 0.3 is 0 Å². The normalized spacial score (nSPS) is 15.6. The molecule has 1 saturated carbocycles. The number of hydrogen-bond donors (Lipinski definition) is 2. The van der Waals surface area contributed by atoms with Gasteiger partial charge in [0.2, 0.25) is 0 Å². The van der Waals surface area contributed by atoms with E-state index in [2.05, 4.69) is 51.1 Å². The number of anilines is 2. The second-order valence-corrected chi connectivity index (χ2v) is 10.2. The van der Waals surface area contributed by atoms with Crippen molar-refractivity contribution in [2.24, 2.45) is 0 Å². The van der Waals surface area contributed by atoms with Crippen molar-refractivity contribution < 1.29 is 5.76 Å². The summed E-state index contributed by atoms with van der Waals surface area (Å²) in [6.07, 6.45) is 6.28. The van der Waals surface area contributed by atoms with Crippen molar-refractivity contribution in [3.8, 4) is 6.07 Å². The molecular weight excluding hydrogens is 501 g/mol. The van der Waals surface area contributed by atoms with Gasteiger partial charge in [0.15, 0.2) is 0 Å². The summed E-state index contributed by atoms with van der Waals surface area (Å²) in [6, 6.07) is 20.9. The first-order chi connectivity index (χ1) is 19.9. The van der Waals surface area contributed by atoms with Crippen molar-refractivity contribution >= 4 is 22.3 Å². The van der Waals surface area contributed by atoms with Gasteiger partial charge in [-0.05, 0) is 67.1 Å². The van der Waals surface area contributed by atoms with E-state index in [1.165, 1.54) is 12.1 Å². The van der Waals surface area contributed by atoms with Gasteiger partial charge in [-0.2, -0.15) is 5.26 Å². The molecule has 0 amide bonds. The van der Waals surface area contributed by atoms with E-state index in [0.29, 0.717) is 34.2 Å². The van der Waals surface area contributed by atoms with Gasteiger partial charge in [-0.15, -0.1) is 5.10 Å². The molecule has 2 atom stereocenters. The van der Waals surface area contributed by atoms with Gasteiger partial charge in [0.05, 0.1) is 42.4 Å². The molecule has 3 aromatic carbocycles. The first kappa shape index (κ1) is 24.3. The zero-order valence-electron chi connectivity index (χ0n) is 23.4. The van der Waals surface area contributed by atoms with Crippen LogP contribution in [0.4, 0.5) is 15.8 Å². The van der Waals surface area contributed by atoms with Gasteiger partial charge in [-0.3, -0.25) is 4.98 Å². The molecule has 5 aromatic rings. The summed E-state index contributed by atoms with van der Waals surface area (Å²) in [5.41, 5.74) is 5.47. The van der Waals surface area contributed by atoms with Crippen LogP contribution in [-0.2, 0) is 0 Å². The van der Waals surface area contributed by atoms with Gasteiger partial charge in [0.25, 0.3) is 0 Å². The van der Waals surface area contributed by atoms with Crippen LogP contribution in [-0.4, -0.2) is 20.0 Å². The SMILES string of the molecule is [2H][C@@](Nc1cc(C)c2ncc(C#N)c(N[C@H](CC)c3ccccc3)c2c1)(c1ccc(F)cc1)c1cn(C2CC2)nn1. The van der Waals surface area contributed by atoms with Gasteiger partial charge < -0.3 is 10.6 Å². The highest BCUT2D eigenvalue weighted by Crippen LogP contribution is 2.37. The third-order valence-corrected chi connectivity index (χ3v) is 7.30. The van der Waals surface area contributed by atoms with E-state index >= 15 is 0 Å². The number of nitriles is 1. The molecule has 2 heterocycles. The van der Waals surface area contributed by atoms with Crippen LogP contribution in [0.3, 0.4) is 0 Å². The standard InChI is InChI=1S/C32H30FN7/c1-3-28(21-7-5-4-6-8-21)37-31-23(17-34)18-35-30-20(2)15-25(16-27(30)31)36-32(22-9-11-24(33)12-10-22)29-19-40(39-38-29)26-13-14-26/h4-12,15-16,18-19,26,28,32,36H,3,13-14H2,1-2H3,(H,35,37)/t28-,32-/m1/s1/i32D. The van der Waals surface area contributed by atoms with Crippen LogP contribution >= 0.6 is 0 Å². The number of aromatic nitrogens is 4. The first-order valence-electron chi connectivity index (χ1n) is 14.0. The fraction of sp³-hybridized carbons (Fsp3) is 0.250. The minimum absolute atomic E-state index is 0.0160. The molecule has 200 valence electrons. The van der Waals surface area contributed by atoms with Gasteiger partial charge in [-0.25, -0.2) is 9.07 Å². The summed E-state index contributed by atoms with van der Waals surface area (Å²) in [4.78, 5) is 4.61. The molecule has 7 nitrogen and oxygen atoms in total. The van der Waals surface area contributed by atoms with Crippen LogP contribution in [0.2, 0.25) is 0 Å². The largest absolute Gasteiger partial charge is 0.377 e. The molecule has 0 spiro atoms. The Hall–Kier alpha value is -4.77. The zero-order valence-corrected chi connectivity index (χ0v) is 22.4. The Morgan fingerprint density at radius 3 is 2.58 bits per heavy atom. The van der Waals surface area contributed by atoms with Crippen LogP contribution < -0.4 is 10.6 Å². The molecule has 2 N–H and O–H groups in total. The molecule has 40 heavy (non-hydrogen) atoms. The van der Waals surface area contributed by atoms with Crippen molar-refractivity contribution in [1.82, 2.24) is 20.0 Å². The quantitative estimate of drug-likeness (QED) is 0.208. The fourth-order valence-corrected chi connectivity index (χ4v) is 5.03. The first-order valence-corrected chi connectivity index (χ1v) is 13.5. The maximum atomic E-state index is 13.9. The molecule has 8 heteroatoms. The van der Waals surface area contributed by atoms with E-state index in [4.69, 9.17) is 0 Å². The van der Waals surface area contributed by atoms with Gasteiger partial charge in [0, 0.05) is 17.3 Å². The highest BCUT2D eigenvalue weighted by Gasteiger charge is 2.27. The number of aryl methyl sites for hydroxylation is 1. The molecule has 6 rings (SSSR count). The number of rotatable bonds is 9. The van der Waals surface area contributed by atoms with Crippen LogP contribution in [0, 0.1) is 24.1 Å². The highest BCUT2D eigenvalue weighted by molar-refractivity contribution is 5.98. The van der Waals surface area contributed by atoms with Crippen LogP contribution in [0.15, 0.2) is 79.1 Å². The number of nitrogens with one attached hydrogen (secondary N) is 2. The lowest BCUT2D eigenvalue weighted by Crippen LogP contribution is -2.14. The molecule has 0 radical (unpaired) electrons. The van der Waals surface area contributed by atoms with Crippen LogP contribution in [0.5, 0.6) is 0 Å². The molecule has 2 aromatic heterocycles. The molecule has 1 fully saturated rings. The number of nitrogens with zero attached hydrogens (tertiary/aromatic N) is 5. The maximum Gasteiger partial charge on any atom is 0.123 e. The lowest BCUT2D eigenvalue weighted by molar-refractivity contribution is 0.610. The Morgan fingerprint density at radius 1 is 1.10 bits per heavy atom. The number of benzene rings is 3. The molecule has 0 unspecified atom stereocenters. The Kier molecular flexibility index (Phi) is 6.54. The third-order valence-electron chi connectivity index (χ3n) is 7.30. The summed E-state index contributed by atoms with van der Waals surface area (Å²) < 4.78 is 25.3. The van der Waals surface area contributed by atoms with Crippen molar-refractivity contribution in [3.63, 3.8) is 0 Å². The van der Waals surface area contributed by atoms with Crippen LogP contribution in [0.25, 0.3) is 10.9 Å². The fourth-order valence-electron chi connectivity index (χ4n) is 5.03. The summed E-state index contributed by atoms with van der Waals surface area (Å²) in [5.74, 6) is -0.381. The topological polar surface area (TPSA) is 91.5 Å². The van der Waals surface area contributed by atoms with Gasteiger partial charge in [-0.1, -0.05) is 54.6 Å². The third kappa shape index (κ3) is 5.10. The Balaban J connectivity index is 1.46. The number of pyridine rings is 1. The molecule has 0 aliphatic heterocycles. The highest BCUT2D eigenvalue weighted by atomic mass is 19.1. The molecule has 1 aliphatic rings. The average Bonchev–Trinajstić information content (AvgIpc) is 3.72. The Labute approximate surface area is 234 Å². The molecule has 0 saturated heterocycles. The predicted octanol–water partition coefficient (Wildman–Crippen LogP) is 7.25. The predicted molar refractivity (Wildman–Crippen MR) is 154 cm³/mol. The summed E-state index contributed by atoms with van der Waals surface area (Å²) >= 11 is 0.